The maximum atomic E-state index is 11.8. The molecular formula is C12H24N2O2. The Kier molecular flexibility index (Phi) is 5.77. The third-order valence-corrected chi connectivity index (χ3v) is 3.14. The summed E-state index contributed by atoms with van der Waals surface area (Å²) in [7, 11) is 0. The van der Waals surface area contributed by atoms with Crippen molar-refractivity contribution in [1.82, 2.24) is 10.6 Å². The lowest BCUT2D eigenvalue weighted by molar-refractivity contribution is -0.125. The number of carbonyl (C=O) groups is 1. The molecule has 94 valence electrons. The Balaban J connectivity index is 2.26. The first-order valence-corrected chi connectivity index (χ1v) is 6.32. The van der Waals surface area contributed by atoms with Gasteiger partial charge in [0.1, 0.15) is 0 Å². The second-order valence-electron chi connectivity index (χ2n) is 4.73. The van der Waals surface area contributed by atoms with Gasteiger partial charge in [0, 0.05) is 18.5 Å². The second kappa shape index (κ2) is 6.86. The summed E-state index contributed by atoms with van der Waals surface area (Å²) in [5, 5.41) is 15.7. The van der Waals surface area contributed by atoms with Crippen molar-refractivity contribution < 1.29 is 9.90 Å². The van der Waals surface area contributed by atoms with Crippen molar-refractivity contribution in [3.05, 3.63) is 0 Å². The lowest BCUT2D eigenvalue weighted by Gasteiger charge is -2.27. The lowest BCUT2D eigenvalue weighted by atomic mass is 9.92. The minimum absolute atomic E-state index is 0.000908. The zero-order valence-electron chi connectivity index (χ0n) is 10.3. The number of nitrogens with one attached hydrogen (secondary N) is 2. The fraction of sp³-hybridized carbons (Fsp3) is 0.917. The van der Waals surface area contributed by atoms with E-state index in [2.05, 4.69) is 10.6 Å². The van der Waals surface area contributed by atoms with Crippen LogP contribution in [0.5, 0.6) is 0 Å². The SMILES string of the molecule is CCNCC(C)C(=O)NC1CCCC(O)C1. The molecule has 0 heterocycles. The number of aliphatic hydroxyl groups excluding tert-OH is 1. The molecule has 0 bridgehead atoms. The van der Waals surface area contributed by atoms with Gasteiger partial charge in [0.15, 0.2) is 0 Å². The molecule has 0 aromatic rings. The van der Waals surface area contributed by atoms with Gasteiger partial charge in [-0.1, -0.05) is 13.8 Å². The van der Waals surface area contributed by atoms with Crippen LogP contribution >= 0.6 is 0 Å². The van der Waals surface area contributed by atoms with Crippen LogP contribution in [0.4, 0.5) is 0 Å². The van der Waals surface area contributed by atoms with Crippen molar-refractivity contribution in [2.45, 2.75) is 51.7 Å². The van der Waals surface area contributed by atoms with E-state index in [0.29, 0.717) is 6.42 Å². The zero-order chi connectivity index (χ0) is 12.0. The molecular weight excluding hydrogens is 204 g/mol. The highest BCUT2D eigenvalue weighted by Gasteiger charge is 2.23. The van der Waals surface area contributed by atoms with E-state index in [4.69, 9.17) is 0 Å². The molecule has 3 unspecified atom stereocenters. The second-order valence-corrected chi connectivity index (χ2v) is 4.73. The zero-order valence-corrected chi connectivity index (χ0v) is 10.3. The molecule has 0 saturated heterocycles. The molecule has 1 aliphatic rings. The molecule has 1 rings (SSSR count). The van der Waals surface area contributed by atoms with Gasteiger partial charge in [-0.3, -0.25) is 4.79 Å². The van der Waals surface area contributed by atoms with Crippen LogP contribution in [0.1, 0.15) is 39.5 Å². The van der Waals surface area contributed by atoms with E-state index in [0.717, 1.165) is 32.4 Å². The maximum Gasteiger partial charge on any atom is 0.224 e. The molecule has 1 saturated carbocycles. The largest absolute Gasteiger partial charge is 0.393 e. The van der Waals surface area contributed by atoms with Crippen LogP contribution < -0.4 is 10.6 Å². The first-order valence-electron chi connectivity index (χ1n) is 6.32. The van der Waals surface area contributed by atoms with Gasteiger partial charge in [-0.15, -0.1) is 0 Å². The molecule has 0 spiro atoms. The molecule has 3 atom stereocenters. The fourth-order valence-corrected chi connectivity index (χ4v) is 2.09. The molecule has 4 heteroatoms. The van der Waals surface area contributed by atoms with Gasteiger partial charge in [-0.05, 0) is 32.2 Å². The molecule has 0 aliphatic heterocycles. The van der Waals surface area contributed by atoms with Crippen molar-refractivity contribution in [3.8, 4) is 0 Å². The smallest absolute Gasteiger partial charge is 0.224 e. The minimum Gasteiger partial charge on any atom is -0.393 e. The number of hydrogen-bond acceptors (Lipinski definition) is 3. The van der Waals surface area contributed by atoms with Crippen LogP contribution in [-0.4, -0.2) is 36.2 Å². The van der Waals surface area contributed by atoms with Crippen molar-refractivity contribution in [1.29, 1.82) is 0 Å². The summed E-state index contributed by atoms with van der Waals surface area (Å²) in [6.07, 6.45) is 3.35. The third kappa shape index (κ3) is 4.49. The van der Waals surface area contributed by atoms with Crippen LogP contribution in [0.25, 0.3) is 0 Å². The average molecular weight is 228 g/mol. The summed E-state index contributed by atoms with van der Waals surface area (Å²) in [4.78, 5) is 11.8. The summed E-state index contributed by atoms with van der Waals surface area (Å²) >= 11 is 0. The predicted octanol–water partition coefficient (Wildman–Crippen LogP) is 0.652. The highest BCUT2D eigenvalue weighted by molar-refractivity contribution is 5.78. The van der Waals surface area contributed by atoms with E-state index in [9.17, 15) is 9.90 Å². The van der Waals surface area contributed by atoms with Crippen LogP contribution in [0, 0.1) is 5.92 Å². The lowest BCUT2D eigenvalue weighted by Crippen LogP contribution is -2.44. The molecule has 1 aliphatic carbocycles. The third-order valence-electron chi connectivity index (χ3n) is 3.14. The van der Waals surface area contributed by atoms with E-state index in [1.807, 2.05) is 13.8 Å². The Morgan fingerprint density at radius 1 is 1.50 bits per heavy atom. The number of carbonyl (C=O) groups excluding carboxylic acids is 1. The van der Waals surface area contributed by atoms with Crippen LogP contribution in [0.3, 0.4) is 0 Å². The highest BCUT2D eigenvalue weighted by Crippen LogP contribution is 2.18. The number of amides is 1. The van der Waals surface area contributed by atoms with Gasteiger partial charge in [0.2, 0.25) is 5.91 Å². The minimum atomic E-state index is -0.233. The Bertz CT molecular complexity index is 221. The predicted molar refractivity (Wildman–Crippen MR) is 64.1 cm³/mol. The van der Waals surface area contributed by atoms with Crippen LogP contribution in [0.15, 0.2) is 0 Å². The average Bonchev–Trinajstić information content (AvgIpc) is 2.25. The quantitative estimate of drug-likeness (QED) is 0.647. The topological polar surface area (TPSA) is 61.4 Å². The monoisotopic (exact) mass is 228 g/mol. The van der Waals surface area contributed by atoms with Crippen molar-refractivity contribution in [2.24, 2.45) is 5.92 Å². The van der Waals surface area contributed by atoms with Gasteiger partial charge < -0.3 is 15.7 Å². The summed E-state index contributed by atoms with van der Waals surface area (Å²) in [5.74, 6) is 0.0964. The van der Waals surface area contributed by atoms with Gasteiger partial charge >= 0.3 is 0 Å². The molecule has 0 radical (unpaired) electrons. The molecule has 0 aromatic carbocycles. The van der Waals surface area contributed by atoms with E-state index in [1.165, 1.54) is 0 Å². The van der Waals surface area contributed by atoms with Gasteiger partial charge in [0.05, 0.1) is 6.10 Å². The Labute approximate surface area is 97.8 Å². The summed E-state index contributed by atoms with van der Waals surface area (Å²) in [6.45, 7) is 5.57. The van der Waals surface area contributed by atoms with Gasteiger partial charge in [0.25, 0.3) is 0 Å². The molecule has 1 fully saturated rings. The van der Waals surface area contributed by atoms with Crippen LogP contribution in [-0.2, 0) is 4.79 Å². The molecule has 0 aromatic heterocycles. The Morgan fingerprint density at radius 3 is 2.88 bits per heavy atom. The Morgan fingerprint density at radius 2 is 2.25 bits per heavy atom. The Hall–Kier alpha value is -0.610. The number of rotatable bonds is 5. The van der Waals surface area contributed by atoms with Crippen LogP contribution in [0.2, 0.25) is 0 Å². The van der Waals surface area contributed by atoms with E-state index in [-0.39, 0.29) is 24.0 Å². The molecule has 16 heavy (non-hydrogen) atoms. The first-order chi connectivity index (χ1) is 7.63. The van der Waals surface area contributed by atoms with Gasteiger partial charge in [-0.2, -0.15) is 0 Å². The first kappa shape index (κ1) is 13.5. The number of hydrogen-bond donors (Lipinski definition) is 3. The standard InChI is InChI=1S/C12H24N2O2/c1-3-13-8-9(2)12(16)14-10-5-4-6-11(15)7-10/h9-11,13,15H,3-8H2,1-2H3,(H,14,16). The molecule has 1 amide bonds. The maximum absolute atomic E-state index is 11.8. The van der Waals surface area contributed by atoms with Gasteiger partial charge in [-0.25, -0.2) is 0 Å². The van der Waals surface area contributed by atoms with Crippen molar-refractivity contribution >= 4 is 5.91 Å². The molecule has 4 nitrogen and oxygen atoms in total. The highest BCUT2D eigenvalue weighted by atomic mass is 16.3. The van der Waals surface area contributed by atoms with Crippen molar-refractivity contribution in [3.63, 3.8) is 0 Å². The summed E-state index contributed by atoms with van der Waals surface area (Å²) < 4.78 is 0. The number of aliphatic hydroxyl groups is 1. The molecule has 3 N–H and O–H groups in total. The van der Waals surface area contributed by atoms with E-state index < -0.39 is 0 Å². The van der Waals surface area contributed by atoms with Crippen molar-refractivity contribution in [2.75, 3.05) is 13.1 Å². The summed E-state index contributed by atoms with van der Waals surface area (Å²) in [6, 6.07) is 0.167. The normalized spacial score (nSPS) is 27.4. The van der Waals surface area contributed by atoms with E-state index >= 15 is 0 Å². The fourth-order valence-electron chi connectivity index (χ4n) is 2.09. The summed E-state index contributed by atoms with van der Waals surface area (Å²) in [5.41, 5.74) is 0. The van der Waals surface area contributed by atoms with E-state index in [1.54, 1.807) is 0 Å².